The predicted molar refractivity (Wildman–Crippen MR) is 61.3 cm³/mol. The van der Waals surface area contributed by atoms with E-state index in [0.717, 1.165) is 11.1 Å². The number of rotatable bonds is 5. The molecule has 0 saturated heterocycles. The number of benzene rings is 1. The molecule has 1 rings (SSSR count). The highest BCUT2D eigenvalue weighted by atomic mass is 16.4. The Balaban J connectivity index is 2.75. The molecule has 1 aromatic carbocycles. The van der Waals surface area contributed by atoms with Crippen molar-refractivity contribution in [2.75, 3.05) is 0 Å². The second-order valence-corrected chi connectivity index (χ2v) is 4.10. The lowest BCUT2D eigenvalue weighted by Gasteiger charge is -2.11. The first-order valence-electron chi connectivity index (χ1n) is 5.27. The summed E-state index contributed by atoms with van der Waals surface area (Å²) in [5, 5.41) is 8.71. The Labute approximate surface area is 95.1 Å². The van der Waals surface area contributed by atoms with Crippen LogP contribution in [0.2, 0.25) is 0 Å². The summed E-state index contributed by atoms with van der Waals surface area (Å²) in [5.74, 6) is -1.41. The summed E-state index contributed by atoms with van der Waals surface area (Å²) in [5.41, 5.74) is 2.14. The van der Waals surface area contributed by atoms with E-state index in [1.807, 2.05) is 31.2 Å². The van der Waals surface area contributed by atoms with Gasteiger partial charge in [0.15, 0.2) is 0 Å². The van der Waals surface area contributed by atoms with Crippen molar-refractivity contribution >= 4 is 11.8 Å². The number of aliphatic carboxylic acids is 1. The van der Waals surface area contributed by atoms with E-state index in [1.165, 1.54) is 6.92 Å². The zero-order valence-corrected chi connectivity index (χ0v) is 9.56. The summed E-state index contributed by atoms with van der Waals surface area (Å²) in [6, 6.07) is 7.80. The molecule has 0 aliphatic heterocycles. The first-order valence-corrected chi connectivity index (χ1v) is 5.27. The molecule has 16 heavy (non-hydrogen) atoms. The molecule has 0 saturated carbocycles. The van der Waals surface area contributed by atoms with Crippen molar-refractivity contribution in [3.05, 3.63) is 35.4 Å². The van der Waals surface area contributed by atoms with Gasteiger partial charge in [-0.3, -0.25) is 9.59 Å². The van der Waals surface area contributed by atoms with E-state index in [0.29, 0.717) is 6.42 Å². The smallest absolute Gasteiger partial charge is 0.304 e. The van der Waals surface area contributed by atoms with Crippen LogP contribution in [0.4, 0.5) is 0 Å². The molecule has 0 aliphatic carbocycles. The fourth-order valence-corrected chi connectivity index (χ4v) is 1.69. The van der Waals surface area contributed by atoms with Gasteiger partial charge in [-0.1, -0.05) is 29.8 Å². The molecule has 3 nitrogen and oxygen atoms in total. The van der Waals surface area contributed by atoms with Crippen LogP contribution in [-0.2, 0) is 16.0 Å². The first-order chi connectivity index (χ1) is 7.49. The second kappa shape index (κ2) is 5.45. The lowest BCUT2D eigenvalue weighted by molar-refractivity contribution is -0.140. The summed E-state index contributed by atoms with van der Waals surface area (Å²) in [6.07, 6.45) is 0.409. The molecule has 0 bridgehead atoms. The highest BCUT2D eigenvalue weighted by Crippen LogP contribution is 2.14. The maximum absolute atomic E-state index is 11.3. The van der Waals surface area contributed by atoms with Crippen molar-refractivity contribution in [3.63, 3.8) is 0 Å². The quantitative estimate of drug-likeness (QED) is 0.827. The predicted octanol–water partition coefficient (Wildman–Crippen LogP) is 2.22. The van der Waals surface area contributed by atoms with Crippen LogP contribution < -0.4 is 0 Å². The topological polar surface area (TPSA) is 54.4 Å². The third-order valence-corrected chi connectivity index (χ3v) is 2.56. The molecule has 3 heteroatoms. The number of carbonyl (C=O) groups excluding carboxylic acids is 1. The number of ketones is 1. The van der Waals surface area contributed by atoms with Crippen LogP contribution in [0.3, 0.4) is 0 Å². The van der Waals surface area contributed by atoms with Crippen molar-refractivity contribution in [1.82, 2.24) is 0 Å². The van der Waals surface area contributed by atoms with E-state index in [2.05, 4.69) is 0 Å². The SMILES string of the molecule is CC(=O)C(CC(=O)O)Cc1cccc(C)c1. The van der Waals surface area contributed by atoms with Crippen LogP contribution in [0.5, 0.6) is 0 Å². The van der Waals surface area contributed by atoms with Gasteiger partial charge in [0.05, 0.1) is 6.42 Å². The van der Waals surface area contributed by atoms with Crippen molar-refractivity contribution in [3.8, 4) is 0 Å². The van der Waals surface area contributed by atoms with Gasteiger partial charge in [0.1, 0.15) is 5.78 Å². The summed E-state index contributed by atoms with van der Waals surface area (Å²) in [7, 11) is 0. The average molecular weight is 220 g/mol. The summed E-state index contributed by atoms with van der Waals surface area (Å²) < 4.78 is 0. The highest BCUT2D eigenvalue weighted by Gasteiger charge is 2.18. The zero-order valence-electron chi connectivity index (χ0n) is 9.56. The van der Waals surface area contributed by atoms with Crippen LogP contribution >= 0.6 is 0 Å². The van der Waals surface area contributed by atoms with Gasteiger partial charge >= 0.3 is 5.97 Å². The molecule has 0 aliphatic rings. The Morgan fingerprint density at radius 2 is 2.06 bits per heavy atom. The number of carboxylic acids is 1. The van der Waals surface area contributed by atoms with E-state index in [1.54, 1.807) is 0 Å². The average Bonchev–Trinajstić information content (AvgIpc) is 2.15. The molecule has 0 aromatic heterocycles. The minimum absolute atomic E-state index is 0.0658. The number of hydrogen-bond acceptors (Lipinski definition) is 2. The molecule has 0 radical (unpaired) electrons. The third-order valence-electron chi connectivity index (χ3n) is 2.56. The lowest BCUT2D eigenvalue weighted by Crippen LogP contribution is -2.18. The van der Waals surface area contributed by atoms with Gasteiger partial charge < -0.3 is 5.11 Å². The van der Waals surface area contributed by atoms with Crippen molar-refractivity contribution < 1.29 is 14.7 Å². The minimum atomic E-state index is -0.923. The standard InChI is InChI=1S/C13H16O3/c1-9-4-3-5-11(6-9)7-12(10(2)14)8-13(15)16/h3-6,12H,7-8H2,1-2H3,(H,15,16). The normalized spacial score (nSPS) is 12.1. The van der Waals surface area contributed by atoms with Crippen molar-refractivity contribution in [1.29, 1.82) is 0 Å². The largest absolute Gasteiger partial charge is 0.481 e. The molecule has 86 valence electrons. The van der Waals surface area contributed by atoms with E-state index >= 15 is 0 Å². The number of Topliss-reactive ketones (excluding diaryl/α,β-unsaturated/α-hetero) is 1. The third kappa shape index (κ3) is 3.85. The maximum Gasteiger partial charge on any atom is 0.304 e. The number of carbonyl (C=O) groups is 2. The highest BCUT2D eigenvalue weighted by molar-refractivity contribution is 5.83. The Bertz CT molecular complexity index is 396. The molecular formula is C13H16O3. The number of hydrogen-bond donors (Lipinski definition) is 1. The fraction of sp³-hybridized carbons (Fsp3) is 0.385. The Morgan fingerprint density at radius 3 is 2.56 bits per heavy atom. The monoisotopic (exact) mass is 220 g/mol. The molecule has 1 unspecified atom stereocenters. The summed E-state index contributed by atoms with van der Waals surface area (Å²) in [6.45, 7) is 3.42. The fourth-order valence-electron chi connectivity index (χ4n) is 1.69. The minimum Gasteiger partial charge on any atom is -0.481 e. The van der Waals surface area contributed by atoms with Crippen molar-refractivity contribution in [2.24, 2.45) is 5.92 Å². The molecular weight excluding hydrogens is 204 g/mol. The number of aryl methyl sites for hydroxylation is 1. The molecule has 1 N–H and O–H groups in total. The lowest BCUT2D eigenvalue weighted by atomic mass is 9.92. The van der Waals surface area contributed by atoms with E-state index in [4.69, 9.17) is 5.11 Å². The molecule has 0 heterocycles. The molecule has 1 aromatic rings. The van der Waals surface area contributed by atoms with Crippen LogP contribution in [0.1, 0.15) is 24.5 Å². The van der Waals surface area contributed by atoms with Gasteiger partial charge in [0.25, 0.3) is 0 Å². The van der Waals surface area contributed by atoms with E-state index in [-0.39, 0.29) is 12.2 Å². The van der Waals surface area contributed by atoms with Crippen LogP contribution in [0, 0.1) is 12.8 Å². The Morgan fingerprint density at radius 1 is 1.38 bits per heavy atom. The molecule has 1 atom stereocenters. The molecule has 0 spiro atoms. The van der Waals surface area contributed by atoms with Crippen LogP contribution in [0.15, 0.2) is 24.3 Å². The Hall–Kier alpha value is -1.64. The summed E-state index contributed by atoms with van der Waals surface area (Å²) in [4.78, 5) is 21.9. The molecule has 0 fully saturated rings. The van der Waals surface area contributed by atoms with Crippen LogP contribution in [-0.4, -0.2) is 16.9 Å². The van der Waals surface area contributed by atoms with Gasteiger partial charge in [-0.05, 0) is 25.8 Å². The van der Waals surface area contributed by atoms with Crippen molar-refractivity contribution in [2.45, 2.75) is 26.7 Å². The van der Waals surface area contributed by atoms with Gasteiger partial charge in [-0.25, -0.2) is 0 Å². The zero-order chi connectivity index (χ0) is 12.1. The Kier molecular flexibility index (Phi) is 4.23. The van der Waals surface area contributed by atoms with Gasteiger partial charge in [0.2, 0.25) is 0 Å². The summed E-state index contributed by atoms with van der Waals surface area (Å²) >= 11 is 0. The van der Waals surface area contributed by atoms with Crippen LogP contribution in [0.25, 0.3) is 0 Å². The second-order valence-electron chi connectivity index (χ2n) is 4.10. The first kappa shape index (κ1) is 12.4. The van der Waals surface area contributed by atoms with Gasteiger partial charge in [-0.15, -0.1) is 0 Å². The van der Waals surface area contributed by atoms with Gasteiger partial charge in [0, 0.05) is 5.92 Å². The van der Waals surface area contributed by atoms with E-state index in [9.17, 15) is 9.59 Å². The van der Waals surface area contributed by atoms with Gasteiger partial charge in [-0.2, -0.15) is 0 Å². The number of carboxylic acid groups (broad SMARTS) is 1. The molecule has 0 amide bonds. The maximum atomic E-state index is 11.3. The van der Waals surface area contributed by atoms with E-state index < -0.39 is 11.9 Å².